The van der Waals surface area contributed by atoms with E-state index in [0.29, 0.717) is 29.1 Å². The molecule has 4 rings (SSSR count). The minimum absolute atomic E-state index is 0.127. The fourth-order valence-corrected chi connectivity index (χ4v) is 4.38. The average Bonchev–Trinajstić information content (AvgIpc) is 3.38. The number of carbonyl (C=O) groups is 1. The lowest BCUT2D eigenvalue weighted by Crippen LogP contribution is -2.15. The summed E-state index contributed by atoms with van der Waals surface area (Å²) in [6.45, 7) is 8.80. The van der Waals surface area contributed by atoms with Crippen LogP contribution >= 0.6 is 11.8 Å². The lowest BCUT2D eigenvalue weighted by Gasteiger charge is -2.13. The standard InChI is InChI=1S/C24H28N4O3S/c1-5-30-22-11-18-10-16(4)31-21(18)12-20(22)26-23(29)13-32-24-27-25-14-28(24)19-8-6-17(7-9-19)15(2)3/h6-9,11-12,14-16H,5,10,13H2,1-4H3,(H,26,29). The molecule has 1 amide bonds. The van der Waals surface area contributed by atoms with Gasteiger partial charge in [-0.25, -0.2) is 0 Å². The zero-order valence-electron chi connectivity index (χ0n) is 18.8. The molecule has 0 radical (unpaired) electrons. The highest BCUT2D eigenvalue weighted by Gasteiger charge is 2.23. The number of anilines is 1. The monoisotopic (exact) mass is 452 g/mol. The summed E-state index contributed by atoms with van der Waals surface area (Å²) in [6.07, 6.45) is 2.63. The zero-order chi connectivity index (χ0) is 22.7. The van der Waals surface area contributed by atoms with E-state index in [1.807, 2.05) is 42.7 Å². The van der Waals surface area contributed by atoms with Gasteiger partial charge in [0.15, 0.2) is 5.16 Å². The van der Waals surface area contributed by atoms with Gasteiger partial charge in [-0.3, -0.25) is 9.36 Å². The minimum Gasteiger partial charge on any atom is -0.492 e. The molecular formula is C24H28N4O3S. The van der Waals surface area contributed by atoms with Crippen LogP contribution in [-0.4, -0.2) is 39.1 Å². The van der Waals surface area contributed by atoms with Crippen LogP contribution in [0, 0.1) is 0 Å². The van der Waals surface area contributed by atoms with E-state index in [2.05, 4.69) is 41.5 Å². The Kier molecular flexibility index (Phi) is 6.69. The van der Waals surface area contributed by atoms with Gasteiger partial charge in [0.05, 0.1) is 18.0 Å². The van der Waals surface area contributed by atoms with Gasteiger partial charge in [-0.2, -0.15) is 0 Å². The smallest absolute Gasteiger partial charge is 0.234 e. The van der Waals surface area contributed by atoms with Crippen molar-refractivity contribution in [2.24, 2.45) is 0 Å². The number of benzene rings is 2. The number of thioether (sulfide) groups is 1. The summed E-state index contributed by atoms with van der Waals surface area (Å²) >= 11 is 1.34. The molecular weight excluding hydrogens is 424 g/mol. The molecule has 0 saturated heterocycles. The summed E-state index contributed by atoms with van der Waals surface area (Å²) in [4.78, 5) is 12.7. The van der Waals surface area contributed by atoms with Crippen LogP contribution in [0.1, 0.15) is 44.7 Å². The second-order valence-corrected chi connectivity index (χ2v) is 9.03. The van der Waals surface area contributed by atoms with Gasteiger partial charge in [0, 0.05) is 23.7 Å². The van der Waals surface area contributed by atoms with Crippen LogP contribution in [0.2, 0.25) is 0 Å². The van der Waals surface area contributed by atoms with E-state index in [1.165, 1.54) is 17.3 Å². The third kappa shape index (κ3) is 4.91. The molecule has 1 aromatic heterocycles. The van der Waals surface area contributed by atoms with Gasteiger partial charge < -0.3 is 14.8 Å². The number of aromatic nitrogens is 3. The lowest BCUT2D eigenvalue weighted by molar-refractivity contribution is -0.113. The molecule has 3 aromatic rings. The fraction of sp³-hybridized carbons (Fsp3) is 0.375. The number of hydrogen-bond acceptors (Lipinski definition) is 6. The molecule has 2 heterocycles. The second kappa shape index (κ2) is 9.65. The van der Waals surface area contributed by atoms with Gasteiger partial charge in [0.25, 0.3) is 0 Å². The Bertz CT molecular complexity index is 1100. The van der Waals surface area contributed by atoms with E-state index in [1.54, 1.807) is 6.33 Å². The Balaban J connectivity index is 1.43. The third-order valence-electron chi connectivity index (χ3n) is 5.26. The Labute approximate surface area is 192 Å². The molecule has 8 heteroatoms. The molecule has 1 aliphatic heterocycles. The highest BCUT2D eigenvalue weighted by molar-refractivity contribution is 7.99. The van der Waals surface area contributed by atoms with Crippen LogP contribution in [0.3, 0.4) is 0 Å². The number of nitrogens with one attached hydrogen (secondary N) is 1. The average molecular weight is 453 g/mol. The van der Waals surface area contributed by atoms with E-state index >= 15 is 0 Å². The molecule has 32 heavy (non-hydrogen) atoms. The van der Waals surface area contributed by atoms with Crippen LogP contribution in [0.15, 0.2) is 47.9 Å². The number of fused-ring (bicyclic) bond motifs is 1. The molecule has 2 aromatic carbocycles. The van der Waals surface area contributed by atoms with Gasteiger partial charge in [-0.05, 0) is 43.5 Å². The fourth-order valence-electron chi connectivity index (χ4n) is 3.65. The molecule has 0 spiro atoms. The molecule has 168 valence electrons. The minimum atomic E-state index is -0.147. The highest BCUT2D eigenvalue weighted by Crippen LogP contribution is 2.38. The van der Waals surface area contributed by atoms with Gasteiger partial charge in [0.1, 0.15) is 23.9 Å². The third-order valence-corrected chi connectivity index (χ3v) is 6.20. The molecule has 1 atom stereocenters. The van der Waals surface area contributed by atoms with Crippen molar-refractivity contribution in [2.45, 2.75) is 51.3 Å². The van der Waals surface area contributed by atoms with Crippen molar-refractivity contribution in [1.82, 2.24) is 14.8 Å². The Morgan fingerprint density at radius 1 is 1.31 bits per heavy atom. The summed E-state index contributed by atoms with van der Waals surface area (Å²) < 4.78 is 13.5. The largest absolute Gasteiger partial charge is 0.492 e. The van der Waals surface area contributed by atoms with Crippen LogP contribution in [0.5, 0.6) is 11.5 Å². The normalized spacial score (nSPS) is 14.8. The first kappa shape index (κ1) is 22.2. The maximum Gasteiger partial charge on any atom is 0.234 e. The highest BCUT2D eigenvalue weighted by atomic mass is 32.2. The van der Waals surface area contributed by atoms with E-state index < -0.39 is 0 Å². The Morgan fingerprint density at radius 3 is 2.81 bits per heavy atom. The molecule has 0 saturated carbocycles. The van der Waals surface area contributed by atoms with Crippen molar-refractivity contribution >= 4 is 23.4 Å². The molecule has 0 fully saturated rings. The predicted molar refractivity (Wildman–Crippen MR) is 126 cm³/mol. The number of carbonyl (C=O) groups excluding carboxylic acids is 1. The van der Waals surface area contributed by atoms with Crippen molar-refractivity contribution in [3.05, 3.63) is 53.9 Å². The summed E-state index contributed by atoms with van der Waals surface area (Å²) in [6, 6.07) is 12.1. The molecule has 7 nitrogen and oxygen atoms in total. The van der Waals surface area contributed by atoms with Crippen LogP contribution in [0.25, 0.3) is 5.69 Å². The maximum absolute atomic E-state index is 12.7. The maximum atomic E-state index is 12.7. The van der Waals surface area contributed by atoms with Crippen molar-refractivity contribution in [3.8, 4) is 17.2 Å². The first-order valence-electron chi connectivity index (χ1n) is 10.8. The van der Waals surface area contributed by atoms with Gasteiger partial charge in [-0.1, -0.05) is 37.7 Å². The number of amides is 1. The van der Waals surface area contributed by atoms with Gasteiger partial charge in [0.2, 0.25) is 5.91 Å². The summed E-state index contributed by atoms with van der Waals surface area (Å²) in [5.74, 6) is 1.98. The topological polar surface area (TPSA) is 78.3 Å². The van der Waals surface area contributed by atoms with Crippen molar-refractivity contribution in [2.75, 3.05) is 17.7 Å². The number of nitrogens with zero attached hydrogens (tertiary/aromatic N) is 3. The summed E-state index contributed by atoms with van der Waals surface area (Å²) in [5.41, 5.74) is 3.96. The van der Waals surface area contributed by atoms with Crippen LogP contribution in [-0.2, 0) is 11.2 Å². The zero-order valence-corrected chi connectivity index (χ0v) is 19.6. The van der Waals surface area contributed by atoms with E-state index in [0.717, 1.165) is 23.4 Å². The van der Waals surface area contributed by atoms with Crippen LogP contribution < -0.4 is 14.8 Å². The SMILES string of the molecule is CCOc1cc2c(cc1NC(=O)CSc1nncn1-c1ccc(C(C)C)cc1)OC(C)C2. The second-order valence-electron chi connectivity index (χ2n) is 8.09. The summed E-state index contributed by atoms with van der Waals surface area (Å²) in [7, 11) is 0. The molecule has 1 N–H and O–H groups in total. The quantitative estimate of drug-likeness (QED) is 0.493. The van der Waals surface area contributed by atoms with E-state index in [4.69, 9.17) is 9.47 Å². The Morgan fingerprint density at radius 2 is 2.09 bits per heavy atom. The number of rotatable bonds is 8. The molecule has 0 bridgehead atoms. The first-order chi connectivity index (χ1) is 15.4. The van der Waals surface area contributed by atoms with Crippen molar-refractivity contribution < 1.29 is 14.3 Å². The van der Waals surface area contributed by atoms with Crippen molar-refractivity contribution in [1.29, 1.82) is 0 Å². The molecule has 1 aliphatic rings. The lowest BCUT2D eigenvalue weighted by atomic mass is 10.0. The molecule has 1 unspecified atom stereocenters. The predicted octanol–water partition coefficient (Wildman–Crippen LogP) is 4.84. The van der Waals surface area contributed by atoms with Gasteiger partial charge in [-0.15, -0.1) is 10.2 Å². The molecule has 0 aliphatic carbocycles. The van der Waals surface area contributed by atoms with Crippen LogP contribution in [0.4, 0.5) is 5.69 Å². The summed E-state index contributed by atoms with van der Waals surface area (Å²) in [5, 5.41) is 11.8. The Hall–Kier alpha value is -3.00. The van der Waals surface area contributed by atoms with Gasteiger partial charge >= 0.3 is 0 Å². The van der Waals surface area contributed by atoms with Crippen molar-refractivity contribution in [3.63, 3.8) is 0 Å². The first-order valence-corrected chi connectivity index (χ1v) is 11.8. The number of hydrogen-bond donors (Lipinski definition) is 1. The van der Waals surface area contributed by atoms with E-state index in [9.17, 15) is 4.79 Å². The number of ether oxygens (including phenoxy) is 2. The van der Waals surface area contributed by atoms with E-state index in [-0.39, 0.29) is 17.8 Å².